The fourth-order valence-electron chi connectivity index (χ4n) is 5.72. The molecule has 0 saturated heterocycles. The van der Waals surface area contributed by atoms with Crippen molar-refractivity contribution in [1.29, 1.82) is 5.26 Å². The molecule has 4 aromatic carbocycles. The molecule has 250 valence electrons. The summed E-state index contributed by atoms with van der Waals surface area (Å²) < 4.78 is 0. The molecule has 0 aliphatic heterocycles. The number of halogens is 1. The summed E-state index contributed by atoms with van der Waals surface area (Å²) in [4.78, 5) is 42.6. The van der Waals surface area contributed by atoms with E-state index in [1.165, 1.54) is 28.0 Å². The number of thioether (sulfide) groups is 1. The predicted molar refractivity (Wildman–Crippen MR) is 202 cm³/mol. The molecule has 3 amide bonds. The minimum atomic E-state index is -0.643. The Morgan fingerprint density at radius 1 is 0.940 bits per heavy atom. The van der Waals surface area contributed by atoms with E-state index >= 15 is 0 Å². The van der Waals surface area contributed by atoms with Crippen LogP contribution < -0.4 is 16.0 Å². The van der Waals surface area contributed by atoms with Gasteiger partial charge < -0.3 is 16.0 Å². The van der Waals surface area contributed by atoms with Crippen LogP contribution >= 0.6 is 34.7 Å². The SMILES string of the molecule is CC1CCc2c(sc(NC(=O)C(Sc3cccc(NC(=O)/C(=C/c4cccc(Cl)c4)NC(=O)c4ccccc4)c3)c3ccccc3)c2C#N)C1. The zero-order chi connectivity index (χ0) is 35.0. The number of carbonyl (C=O) groups is 3. The zero-order valence-electron chi connectivity index (χ0n) is 27.1. The Balaban J connectivity index is 1.24. The summed E-state index contributed by atoms with van der Waals surface area (Å²) in [5.74, 6) is -0.668. The van der Waals surface area contributed by atoms with E-state index in [-0.39, 0.29) is 11.6 Å². The van der Waals surface area contributed by atoms with E-state index in [1.807, 2.05) is 42.5 Å². The fourth-order valence-corrected chi connectivity index (χ4v) is 8.37. The number of nitrogens with zero attached hydrogens (tertiary/aromatic N) is 1. The Morgan fingerprint density at radius 2 is 1.68 bits per heavy atom. The molecule has 1 heterocycles. The van der Waals surface area contributed by atoms with Gasteiger partial charge in [-0.3, -0.25) is 14.4 Å². The number of benzene rings is 4. The minimum absolute atomic E-state index is 0.0297. The van der Waals surface area contributed by atoms with Crippen molar-refractivity contribution in [2.45, 2.75) is 36.3 Å². The Bertz CT molecular complexity index is 2110. The van der Waals surface area contributed by atoms with Crippen LogP contribution in [0, 0.1) is 17.2 Å². The normalized spacial score (nSPS) is 14.5. The quantitative estimate of drug-likeness (QED) is 0.0986. The van der Waals surface area contributed by atoms with Crippen LogP contribution in [0.2, 0.25) is 5.02 Å². The Morgan fingerprint density at radius 3 is 2.42 bits per heavy atom. The summed E-state index contributed by atoms with van der Waals surface area (Å²) in [6.45, 7) is 2.21. The molecule has 10 heteroatoms. The van der Waals surface area contributed by atoms with Crippen LogP contribution in [0.5, 0.6) is 0 Å². The van der Waals surface area contributed by atoms with E-state index in [9.17, 15) is 19.6 Å². The molecule has 2 atom stereocenters. The van der Waals surface area contributed by atoms with Crippen molar-refractivity contribution in [3.63, 3.8) is 0 Å². The minimum Gasteiger partial charge on any atom is -0.321 e. The molecule has 3 N–H and O–H groups in total. The van der Waals surface area contributed by atoms with Gasteiger partial charge in [-0.05, 0) is 90.4 Å². The lowest BCUT2D eigenvalue weighted by Gasteiger charge is -2.18. The van der Waals surface area contributed by atoms with E-state index in [4.69, 9.17) is 11.6 Å². The molecule has 2 unspecified atom stereocenters. The fraction of sp³-hybridized carbons (Fsp3) is 0.150. The largest absolute Gasteiger partial charge is 0.321 e. The van der Waals surface area contributed by atoms with Gasteiger partial charge in [0.25, 0.3) is 11.8 Å². The maximum Gasteiger partial charge on any atom is 0.272 e. The van der Waals surface area contributed by atoms with Crippen LogP contribution in [0.4, 0.5) is 10.7 Å². The molecular weight excluding hydrogens is 684 g/mol. The number of nitriles is 1. The molecule has 0 radical (unpaired) electrons. The number of amides is 3. The molecule has 50 heavy (non-hydrogen) atoms. The van der Waals surface area contributed by atoms with Gasteiger partial charge >= 0.3 is 0 Å². The van der Waals surface area contributed by atoms with Crippen LogP contribution in [0.15, 0.2) is 120 Å². The summed E-state index contributed by atoms with van der Waals surface area (Å²) in [5, 5.41) is 19.2. The van der Waals surface area contributed by atoms with Crippen LogP contribution in [-0.2, 0) is 22.4 Å². The average Bonchev–Trinajstić information content (AvgIpc) is 3.46. The van der Waals surface area contributed by atoms with Gasteiger partial charge in [-0.2, -0.15) is 5.26 Å². The first-order valence-corrected chi connectivity index (χ1v) is 18.2. The van der Waals surface area contributed by atoms with E-state index in [2.05, 4.69) is 28.9 Å². The average molecular weight is 717 g/mol. The van der Waals surface area contributed by atoms with E-state index in [1.54, 1.807) is 72.8 Å². The van der Waals surface area contributed by atoms with Gasteiger partial charge in [0.2, 0.25) is 5.91 Å². The molecule has 5 aromatic rings. The second-order valence-corrected chi connectivity index (χ2v) is 14.7. The summed E-state index contributed by atoms with van der Waals surface area (Å²) in [7, 11) is 0. The number of fused-ring (bicyclic) bond motifs is 1. The topological polar surface area (TPSA) is 111 Å². The number of anilines is 2. The molecule has 6 rings (SSSR count). The highest BCUT2D eigenvalue weighted by Gasteiger charge is 2.28. The van der Waals surface area contributed by atoms with Crippen molar-refractivity contribution in [2.75, 3.05) is 10.6 Å². The highest BCUT2D eigenvalue weighted by atomic mass is 35.5. The van der Waals surface area contributed by atoms with Crippen LogP contribution in [0.25, 0.3) is 6.08 Å². The lowest BCUT2D eigenvalue weighted by Crippen LogP contribution is -2.30. The summed E-state index contributed by atoms with van der Waals surface area (Å²) in [6, 6.07) is 34.6. The number of nitrogens with one attached hydrogen (secondary N) is 3. The molecule has 1 aromatic heterocycles. The first-order valence-electron chi connectivity index (χ1n) is 16.1. The van der Waals surface area contributed by atoms with Gasteiger partial charge in [0.1, 0.15) is 22.0 Å². The third-order valence-corrected chi connectivity index (χ3v) is 10.9. The van der Waals surface area contributed by atoms with Gasteiger partial charge in [-0.1, -0.05) is 85.3 Å². The predicted octanol–water partition coefficient (Wildman–Crippen LogP) is 9.28. The zero-order valence-corrected chi connectivity index (χ0v) is 29.5. The van der Waals surface area contributed by atoms with Gasteiger partial charge in [0, 0.05) is 26.0 Å². The summed E-state index contributed by atoms with van der Waals surface area (Å²) >= 11 is 9.03. The number of hydrogen-bond donors (Lipinski definition) is 3. The van der Waals surface area contributed by atoms with Gasteiger partial charge in [0.05, 0.1) is 5.56 Å². The Kier molecular flexibility index (Phi) is 11.1. The highest BCUT2D eigenvalue weighted by molar-refractivity contribution is 8.00. The smallest absolute Gasteiger partial charge is 0.272 e. The number of rotatable bonds is 10. The first kappa shape index (κ1) is 34.7. The van der Waals surface area contributed by atoms with Gasteiger partial charge in [-0.15, -0.1) is 23.1 Å². The summed E-state index contributed by atoms with van der Waals surface area (Å²) in [5.41, 5.74) is 3.97. The Labute approximate surface area is 304 Å². The van der Waals surface area contributed by atoms with E-state index < -0.39 is 17.1 Å². The maximum atomic E-state index is 14.0. The number of hydrogen-bond acceptors (Lipinski definition) is 6. The molecule has 0 fully saturated rings. The third-order valence-electron chi connectivity index (χ3n) is 8.23. The van der Waals surface area contributed by atoms with Gasteiger partial charge in [-0.25, -0.2) is 0 Å². The standard InChI is InChI=1S/C40H33ClN4O3S2/c1-25-18-19-32-33(24-42)40(50-35(32)20-25)45-39(48)36(27-11-4-2-5-12-27)49-31-17-9-16-30(23-31)43-38(47)34(22-26-10-8-15-29(41)21-26)44-37(46)28-13-6-3-7-14-28/h2-17,21-23,25,36H,18-20H2,1H3,(H,43,47)(H,44,46)(H,45,48)/b34-22-. The lowest BCUT2D eigenvalue weighted by molar-refractivity contribution is -0.116. The van der Waals surface area contributed by atoms with Crippen molar-refractivity contribution >= 4 is 69.2 Å². The van der Waals surface area contributed by atoms with Crippen LogP contribution in [0.1, 0.15) is 56.1 Å². The van der Waals surface area contributed by atoms with Crippen LogP contribution in [-0.4, -0.2) is 17.7 Å². The second kappa shape index (κ2) is 16.0. The van der Waals surface area contributed by atoms with Gasteiger partial charge in [0.15, 0.2) is 0 Å². The lowest BCUT2D eigenvalue weighted by atomic mass is 9.88. The van der Waals surface area contributed by atoms with E-state index in [0.29, 0.717) is 38.3 Å². The first-order chi connectivity index (χ1) is 24.3. The molecule has 0 spiro atoms. The Hall–Kier alpha value is -5.14. The molecule has 1 aliphatic rings. The molecular formula is C40H33ClN4O3S2. The highest BCUT2D eigenvalue weighted by Crippen LogP contribution is 2.42. The third kappa shape index (κ3) is 8.52. The monoisotopic (exact) mass is 716 g/mol. The maximum absolute atomic E-state index is 14.0. The van der Waals surface area contributed by atoms with Crippen molar-refractivity contribution in [3.05, 3.63) is 153 Å². The van der Waals surface area contributed by atoms with Crippen molar-refractivity contribution < 1.29 is 14.4 Å². The number of carbonyl (C=O) groups excluding carboxylic acids is 3. The van der Waals surface area contributed by atoms with Crippen molar-refractivity contribution in [1.82, 2.24) is 5.32 Å². The molecule has 1 aliphatic carbocycles. The molecule has 0 saturated carbocycles. The van der Waals surface area contributed by atoms with Crippen molar-refractivity contribution in [3.8, 4) is 6.07 Å². The number of thiophene rings is 1. The van der Waals surface area contributed by atoms with E-state index in [0.717, 1.165) is 35.3 Å². The summed E-state index contributed by atoms with van der Waals surface area (Å²) in [6.07, 6.45) is 4.34. The molecule has 7 nitrogen and oxygen atoms in total. The second-order valence-electron chi connectivity index (χ2n) is 12.0. The van der Waals surface area contributed by atoms with Crippen molar-refractivity contribution in [2.24, 2.45) is 5.92 Å². The van der Waals surface area contributed by atoms with Crippen LogP contribution in [0.3, 0.4) is 0 Å². The molecule has 0 bridgehead atoms.